The van der Waals surface area contributed by atoms with Crippen LogP contribution < -0.4 is 5.32 Å². The molecule has 17 heavy (non-hydrogen) atoms. The summed E-state index contributed by atoms with van der Waals surface area (Å²) in [5.41, 5.74) is 0. The van der Waals surface area contributed by atoms with Crippen molar-refractivity contribution in [3.8, 4) is 0 Å². The predicted molar refractivity (Wildman–Crippen MR) is 72.0 cm³/mol. The first-order chi connectivity index (χ1) is 8.20. The van der Waals surface area contributed by atoms with E-state index in [1.807, 2.05) is 13.8 Å². The molecule has 3 nitrogen and oxygen atoms in total. The molecule has 1 aliphatic rings. The van der Waals surface area contributed by atoms with E-state index in [9.17, 15) is 4.79 Å². The van der Waals surface area contributed by atoms with Gasteiger partial charge in [-0.2, -0.15) is 0 Å². The SMILES string of the molecule is CC(C)C(=O)NCCCCCN1CCCCC1. The highest BCUT2D eigenvalue weighted by atomic mass is 16.1. The third-order valence-corrected chi connectivity index (χ3v) is 3.42. The lowest BCUT2D eigenvalue weighted by molar-refractivity contribution is -0.123. The lowest BCUT2D eigenvalue weighted by Gasteiger charge is -2.26. The molecule has 0 aliphatic carbocycles. The minimum absolute atomic E-state index is 0.114. The largest absolute Gasteiger partial charge is 0.356 e. The Labute approximate surface area is 106 Å². The van der Waals surface area contributed by atoms with Gasteiger partial charge in [0.1, 0.15) is 0 Å². The van der Waals surface area contributed by atoms with Gasteiger partial charge in [-0.15, -0.1) is 0 Å². The van der Waals surface area contributed by atoms with Crippen molar-refractivity contribution in [2.45, 2.75) is 52.4 Å². The van der Waals surface area contributed by atoms with Crippen LogP contribution in [0.4, 0.5) is 0 Å². The standard InChI is InChI=1S/C14H28N2O/c1-13(2)14(17)15-9-5-3-6-10-16-11-7-4-8-12-16/h13H,3-12H2,1-2H3,(H,15,17). The molecule has 3 heteroatoms. The number of likely N-dealkylation sites (tertiary alicyclic amines) is 1. The van der Waals surface area contributed by atoms with Crippen molar-refractivity contribution in [1.82, 2.24) is 10.2 Å². The van der Waals surface area contributed by atoms with Crippen LogP contribution in [0.2, 0.25) is 0 Å². The zero-order chi connectivity index (χ0) is 12.5. The first-order valence-electron chi connectivity index (χ1n) is 7.20. The Morgan fingerprint density at radius 2 is 1.82 bits per heavy atom. The summed E-state index contributed by atoms with van der Waals surface area (Å²) in [5, 5.41) is 2.97. The second kappa shape index (κ2) is 8.51. The van der Waals surface area contributed by atoms with Crippen LogP contribution >= 0.6 is 0 Å². The highest BCUT2D eigenvalue weighted by molar-refractivity contribution is 5.77. The predicted octanol–water partition coefficient (Wildman–Crippen LogP) is 2.41. The van der Waals surface area contributed by atoms with Crippen LogP contribution in [0.15, 0.2) is 0 Å². The van der Waals surface area contributed by atoms with Gasteiger partial charge in [0.25, 0.3) is 0 Å². The van der Waals surface area contributed by atoms with Crippen LogP contribution in [0.5, 0.6) is 0 Å². The molecule has 1 aliphatic heterocycles. The van der Waals surface area contributed by atoms with Crippen molar-refractivity contribution in [3.05, 3.63) is 0 Å². The summed E-state index contributed by atoms with van der Waals surface area (Å²) in [6.07, 6.45) is 7.80. The zero-order valence-corrected chi connectivity index (χ0v) is 11.5. The minimum Gasteiger partial charge on any atom is -0.356 e. The summed E-state index contributed by atoms with van der Waals surface area (Å²) >= 11 is 0. The summed E-state index contributed by atoms with van der Waals surface area (Å²) in [6.45, 7) is 8.56. The Kier molecular flexibility index (Phi) is 7.25. The van der Waals surface area contributed by atoms with Crippen LogP contribution in [0.3, 0.4) is 0 Å². The minimum atomic E-state index is 0.114. The van der Waals surface area contributed by atoms with E-state index >= 15 is 0 Å². The van der Waals surface area contributed by atoms with Gasteiger partial charge in [0.15, 0.2) is 0 Å². The Hall–Kier alpha value is -0.570. The number of carbonyl (C=O) groups is 1. The molecule has 0 atom stereocenters. The quantitative estimate of drug-likeness (QED) is 0.693. The average Bonchev–Trinajstić information content (AvgIpc) is 2.34. The van der Waals surface area contributed by atoms with E-state index in [1.165, 1.54) is 51.7 Å². The molecule has 1 N–H and O–H groups in total. The first kappa shape index (κ1) is 14.5. The molecular weight excluding hydrogens is 212 g/mol. The summed E-state index contributed by atoms with van der Waals surface area (Å²) in [6, 6.07) is 0. The number of hydrogen-bond acceptors (Lipinski definition) is 2. The molecule has 0 aromatic carbocycles. The van der Waals surface area contributed by atoms with Gasteiger partial charge in [0.05, 0.1) is 0 Å². The number of hydrogen-bond donors (Lipinski definition) is 1. The maximum absolute atomic E-state index is 11.3. The molecule has 1 saturated heterocycles. The second-order valence-electron chi connectivity index (χ2n) is 5.41. The number of rotatable bonds is 7. The van der Waals surface area contributed by atoms with Gasteiger partial charge >= 0.3 is 0 Å². The van der Waals surface area contributed by atoms with Crippen molar-refractivity contribution in [2.24, 2.45) is 5.92 Å². The number of piperidine rings is 1. The summed E-state index contributed by atoms with van der Waals surface area (Å²) in [7, 11) is 0. The molecule has 1 heterocycles. The highest BCUT2D eigenvalue weighted by Crippen LogP contribution is 2.09. The van der Waals surface area contributed by atoms with Gasteiger partial charge in [-0.3, -0.25) is 4.79 Å². The van der Waals surface area contributed by atoms with E-state index < -0.39 is 0 Å². The summed E-state index contributed by atoms with van der Waals surface area (Å²) < 4.78 is 0. The average molecular weight is 240 g/mol. The maximum Gasteiger partial charge on any atom is 0.222 e. The zero-order valence-electron chi connectivity index (χ0n) is 11.5. The molecule has 0 bridgehead atoms. The van der Waals surface area contributed by atoms with Crippen molar-refractivity contribution in [2.75, 3.05) is 26.2 Å². The van der Waals surface area contributed by atoms with Gasteiger partial charge in [0, 0.05) is 12.5 Å². The molecule has 0 radical (unpaired) electrons. The van der Waals surface area contributed by atoms with Crippen LogP contribution in [0.1, 0.15) is 52.4 Å². The lowest BCUT2D eigenvalue weighted by atomic mass is 10.1. The highest BCUT2D eigenvalue weighted by Gasteiger charge is 2.09. The molecule has 100 valence electrons. The number of nitrogens with one attached hydrogen (secondary N) is 1. The van der Waals surface area contributed by atoms with Crippen LogP contribution in [0, 0.1) is 5.92 Å². The molecule has 1 rings (SSSR count). The normalized spacial score (nSPS) is 17.4. The van der Waals surface area contributed by atoms with Gasteiger partial charge in [0.2, 0.25) is 5.91 Å². The van der Waals surface area contributed by atoms with Crippen LogP contribution in [-0.2, 0) is 4.79 Å². The third kappa shape index (κ3) is 6.67. The van der Waals surface area contributed by atoms with Crippen molar-refractivity contribution in [3.63, 3.8) is 0 Å². The Bertz CT molecular complexity index is 210. The fourth-order valence-corrected chi connectivity index (χ4v) is 2.24. The Morgan fingerprint density at radius 3 is 2.47 bits per heavy atom. The van der Waals surface area contributed by atoms with Gasteiger partial charge in [-0.25, -0.2) is 0 Å². The Morgan fingerprint density at radius 1 is 1.12 bits per heavy atom. The van der Waals surface area contributed by atoms with Crippen LogP contribution in [0.25, 0.3) is 0 Å². The van der Waals surface area contributed by atoms with Crippen molar-refractivity contribution in [1.29, 1.82) is 0 Å². The summed E-state index contributed by atoms with van der Waals surface area (Å²) in [4.78, 5) is 13.9. The smallest absolute Gasteiger partial charge is 0.222 e. The fourth-order valence-electron chi connectivity index (χ4n) is 2.24. The molecule has 0 saturated carbocycles. The molecule has 1 fully saturated rings. The second-order valence-corrected chi connectivity index (χ2v) is 5.41. The monoisotopic (exact) mass is 240 g/mol. The first-order valence-corrected chi connectivity index (χ1v) is 7.20. The fraction of sp³-hybridized carbons (Fsp3) is 0.929. The molecule has 0 aromatic heterocycles. The third-order valence-electron chi connectivity index (χ3n) is 3.42. The molecule has 0 spiro atoms. The Balaban J connectivity index is 1.88. The van der Waals surface area contributed by atoms with E-state index in [0.29, 0.717) is 0 Å². The molecule has 1 amide bonds. The number of amides is 1. The van der Waals surface area contributed by atoms with E-state index in [-0.39, 0.29) is 11.8 Å². The molecule has 0 unspecified atom stereocenters. The van der Waals surface area contributed by atoms with Crippen molar-refractivity contribution < 1.29 is 4.79 Å². The van der Waals surface area contributed by atoms with Crippen LogP contribution in [-0.4, -0.2) is 37.0 Å². The number of carbonyl (C=O) groups excluding carboxylic acids is 1. The van der Waals surface area contributed by atoms with E-state index in [0.717, 1.165) is 13.0 Å². The van der Waals surface area contributed by atoms with Gasteiger partial charge in [-0.05, 0) is 45.3 Å². The number of nitrogens with zero attached hydrogens (tertiary/aromatic N) is 1. The lowest BCUT2D eigenvalue weighted by Crippen LogP contribution is -2.31. The van der Waals surface area contributed by atoms with Crippen molar-refractivity contribution >= 4 is 5.91 Å². The maximum atomic E-state index is 11.3. The van der Waals surface area contributed by atoms with Gasteiger partial charge < -0.3 is 10.2 Å². The van der Waals surface area contributed by atoms with E-state index in [2.05, 4.69) is 10.2 Å². The molecular formula is C14H28N2O. The summed E-state index contributed by atoms with van der Waals surface area (Å²) in [5.74, 6) is 0.296. The van der Waals surface area contributed by atoms with E-state index in [4.69, 9.17) is 0 Å². The number of unbranched alkanes of at least 4 members (excludes halogenated alkanes) is 2. The topological polar surface area (TPSA) is 32.3 Å². The van der Waals surface area contributed by atoms with E-state index in [1.54, 1.807) is 0 Å². The van der Waals surface area contributed by atoms with Gasteiger partial charge in [-0.1, -0.05) is 26.7 Å². The molecule has 0 aromatic rings.